The minimum absolute atomic E-state index is 0.187. The number of carbonyl (C=O) groups excluding carboxylic acids is 1. The van der Waals surface area contributed by atoms with E-state index >= 15 is 0 Å². The van der Waals surface area contributed by atoms with Crippen molar-refractivity contribution in [3.63, 3.8) is 0 Å². The lowest BCUT2D eigenvalue weighted by Crippen LogP contribution is -2.57. The Labute approximate surface area is 172 Å². The van der Waals surface area contributed by atoms with Crippen LogP contribution in [0.2, 0.25) is 0 Å². The van der Waals surface area contributed by atoms with E-state index in [-0.39, 0.29) is 17.5 Å². The molecule has 0 bridgehead atoms. The SMILES string of the molecule is CN1CCC(C#N)(NC(=O)[C@H](CC2CCCCC2)Nc2nccc(C#N)n2)CC1. The Balaban J connectivity index is 1.74. The molecule has 29 heavy (non-hydrogen) atoms. The van der Waals surface area contributed by atoms with Gasteiger partial charge in [0, 0.05) is 19.3 Å². The van der Waals surface area contributed by atoms with Crippen LogP contribution in [0.1, 0.15) is 57.1 Å². The highest BCUT2D eigenvalue weighted by Gasteiger charge is 2.37. The molecule has 1 aliphatic heterocycles. The molecule has 0 spiro atoms. The number of piperidine rings is 1. The van der Waals surface area contributed by atoms with Gasteiger partial charge in [-0.15, -0.1) is 0 Å². The molecule has 154 valence electrons. The lowest BCUT2D eigenvalue weighted by Gasteiger charge is -2.37. The van der Waals surface area contributed by atoms with Crippen molar-refractivity contribution in [1.29, 1.82) is 10.5 Å². The first-order valence-corrected chi connectivity index (χ1v) is 10.4. The zero-order valence-electron chi connectivity index (χ0n) is 17.0. The third-order valence-corrected chi connectivity index (χ3v) is 6.10. The van der Waals surface area contributed by atoms with Gasteiger partial charge in [-0.25, -0.2) is 9.97 Å². The van der Waals surface area contributed by atoms with E-state index in [1.54, 1.807) is 0 Å². The summed E-state index contributed by atoms with van der Waals surface area (Å²) < 4.78 is 0. The summed E-state index contributed by atoms with van der Waals surface area (Å²) in [5, 5.41) is 25.0. The Morgan fingerprint density at radius 1 is 1.31 bits per heavy atom. The first kappa shape index (κ1) is 21.0. The molecule has 1 saturated heterocycles. The second-order valence-electron chi connectivity index (χ2n) is 8.30. The zero-order valence-corrected chi connectivity index (χ0v) is 17.0. The van der Waals surface area contributed by atoms with Crippen LogP contribution in [0.5, 0.6) is 0 Å². The predicted molar refractivity (Wildman–Crippen MR) is 109 cm³/mol. The molecule has 0 aromatic carbocycles. The van der Waals surface area contributed by atoms with Crippen LogP contribution in [-0.2, 0) is 4.79 Å². The summed E-state index contributed by atoms with van der Waals surface area (Å²) >= 11 is 0. The van der Waals surface area contributed by atoms with E-state index in [0.717, 1.165) is 25.9 Å². The van der Waals surface area contributed by atoms with Gasteiger partial charge in [-0.05, 0) is 38.3 Å². The lowest BCUT2D eigenvalue weighted by molar-refractivity contribution is -0.124. The molecular weight excluding hydrogens is 366 g/mol. The van der Waals surface area contributed by atoms with Crippen LogP contribution in [0.25, 0.3) is 0 Å². The quantitative estimate of drug-likeness (QED) is 0.758. The van der Waals surface area contributed by atoms with Gasteiger partial charge in [-0.2, -0.15) is 10.5 Å². The molecule has 1 aromatic rings. The molecule has 2 aliphatic rings. The third kappa shape index (κ3) is 5.65. The summed E-state index contributed by atoms with van der Waals surface area (Å²) in [4.78, 5) is 23.7. The van der Waals surface area contributed by atoms with E-state index in [2.05, 4.69) is 31.6 Å². The fraction of sp³-hybridized carbons (Fsp3) is 0.667. The first-order chi connectivity index (χ1) is 14.0. The molecule has 8 nitrogen and oxygen atoms in total. The van der Waals surface area contributed by atoms with Gasteiger partial charge in [-0.3, -0.25) is 4.79 Å². The van der Waals surface area contributed by atoms with E-state index in [1.807, 2.05) is 13.1 Å². The summed E-state index contributed by atoms with van der Waals surface area (Å²) in [7, 11) is 2.02. The summed E-state index contributed by atoms with van der Waals surface area (Å²) in [6, 6.07) is 5.35. The minimum Gasteiger partial charge on any atom is -0.342 e. The van der Waals surface area contributed by atoms with Crippen LogP contribution in [0.4, 0.5) is 5.95 Å². The number of nitriles is 2. The molecule has 3 rings (SSSR count). The van der Waals surface area contributed by atoms with Crippen molar-refractivity contribution in [2.24, 2.45) is 5.92 Å². The molecule has 2 fully saturated rings. The molecule has 0 unspecified atom stereocenters. The smallest absolute Gasteiger partial charge is 0.243 e. The van der Waals surface area contributed by atoms with Crippen molar-refractivity contribution in [2.45, 2.75) is 62.9 Å². The highest BCUT2D eigenvalue weighted by Crippen LogP contribution is 2.29. The average molecular weight is 396 g/mol. The number of rotatable bonds is 6. The van der Waals surface area contributed by atoms with Crippen LogP contribution in [-0.4, -0.2) is 52.5 Å². The molecule has 0 radical (unpaired) electrons. The van der Waals surface area contributed by atoms with Gasteiger partial charge >= 0.3 is 0 Å². The maximum absolute atomic E-state index is 13.2. The molecule has 1 aromatic heterocycles. The average Bonchev–Trinajstić information content (AvgIpc) is 2.76. The van der Waals surface area contributed by atoms with Gasteiger partial charge in [0.05, 0.1) is 6.07 Å². The maximum Gasteiger partial charge on any atom is 0.243 e. The van der Waals surface area contributed by atoms with Crippen molar-refractivity contribution in [3.05, 3.63) is 18.0 Å². The van der Waals surface area contributed by atoms with E-state index in [4.69, 9.17) is 5.26 Å². The fourth-order valence-corrected chi connectivity index (χ4v) is 4.22. The molecule has 1 atom stereocenters. The number of hydrogen-bond acceptors (Lipinski definition) is 7. The Morgan fingerprint density at radius 2 is 2.03 bits per heavy atom. The largest absolute Gasteiger partial charge is 0.342 e. The number of likely N-dealkylation sites (tertiary alicyclic amines) is 1. The van der Waals surface area contributed by atoms with Crippen molar-refractivity contribution >= 4 is 11.9 Å². The van der Waals surface area contributed by atoms with Crippen molar-refractivity contribution in [1.82, 2.24) is 20.2 Å². The molecular formula is C21H29N7O. The summed E-state index contributed by atoms with van der Waals surface area (Å²) in [5.74, 6) is 0.545. The number of carbonyl (C=O) groups is 1. The van der Waals surface area contributed by atoms with Crippen LogP contribution in [0, 0.1) is 28.6 Å². The topological polar surface area (TPSA) is 118 Å². The van der Waals surface area contributed by atoms with E-state index in [0.29, 0.717) is 25.2 Å². The number of nitrogens with one attached hydrogen (secondary N) is 2. The normalized spacial score (nSPS) is 20.8. The van der Waals surface area contributed by atoms with Gasteiger partial charge in [0.1, 0.15) is 23.3 Å². The van der Waals surface area contributed by atoms with E-state index in [9.17, 15) is 10.1 Å². The fourth-order valence-electron chi connectivity index (χ4n) is 4.22. The van der Waals surface area contributed by atoms with Crippen molar-refractivity contribution < 1.29 is 4.79 Å². The number of amides is 1. The predicted octanol–water partition coefficient (Wildman–Crippen LogP) is 2.20. The Morgan fingerprint density at radius 3 is 2.69 bits per heavy atom. The molecule has 1 aliphatic carbocycles. The van der Waals surface area contributed by atoms with Gasteiger partial charge in [-0.1, -0.05) is 32.1 Å². The molecule has 2 N–H and O–H groups in total. The van der Waals surface area contributed by atoms with Crippen LogP contribution < -0.4 is 10.6 Å². The highest BCUT2D eigenvalue weighted by atomic mass is 16.2. The van der Waals surface area contributed by atoms with Crippen molar-refractivity contribution in [3.8, 4) is 12.1 Å². The second kappa shape index (κ2) is 9.67. The second-order valence-corrected chi connectivity index (χ2v) is 8.30. The van der Waals surface area contributed by atoms with E-state index < -0.39 is 11.6 Å². The monoisotopic (exact) mass is 395 g/mol. The summed E-state index contributed by atoms with van der Waals surface area (Å²) in [5.41, 5.74) is -0.575. The van der Waals surface area contributed by atoms with Gasteiger partial charge in [0.25, 0.3) is 0 Å². The summed E-state index contributed by atoms with van der Waals surface area (Å²) in [6.07, 6.45) is 9.26. The van der Waals surface area contributed by atoms with Crippen molar-refractivity contribution in [2.75, 3.05) is 25.5 Å². The number of aromatic nitrogens is 2. The minimum atomic E-state index is -0.828. The number of nitrogens with zero attached hydrogens (tertiary/aromatic N) is 5. The van der Waals surface area contributed by atoms with E-state index in [1.165, 1.54) is 31.5 Å². The molecule has 8 heteroatoms. The maximum atomic E-state index is 13.2. The Kier molecular flexibility index (Phi) is 7.00. The van der Waals surface area contributed by atoms with Gasteiger partial charge in [0.15, 0.2) is 0 Å². The number of hydrogen-bond donors (Lipinski definition) is 2. The molecule has 2 heterocycles. The van der Waals surface area contributed by atoms with Crippen LogP contribution in [0.15, 0.2) is 12.3 Å². The highest BCUT2D eigenvalue weighted by molar-refractivity contribution is 5.85. The van der Waals surface area contributed by atoms with Crippen LogP contribution in [0.3, 0.4) is 0 Å². The van der Waals surface area contributed by atoms with Gasteiger partial charge in [0.2, 0.25) is 11.9 Å². The third-order valence-electron chi connectivity index (χ3n) is 6.10. The summed E-state index contributed by atoms with van der Waals surface area (Å²) in [6.45, 7) is 1.56. The molecule has 1 amide bonds. The first-order valence-electron chi connectivity index (χ1n) is 10.4. The van der Waals surface area contributed by atoms with Gasteiger partial charge < -0.3 is 15.5 Å². The molecule has 1 saturated carbocycles. The van der Waals surface area contributed by atoms with Crippen LogP contribution >= 0.6 is 0 Å². The Hall–Kier alpha value is -2.71. The number of anilines is 1. The Bertz CT molecular complexity index is 783. The zero-order chi connectivity index (χ0) is 20.7. The lowest BCUT2D eigenvalue weighted by atomic mass is 9.84. The standard InChI is InChI=1S/C21H29N7O/c1-28-11-8-21(15-23,9-12-28)27-19(29)18(13-16-5-3-2-4-6-16)26-20-24-10-7-17(14-22)25-20/h7,10,16,18H,2-6,8-9,11-13H2,1H3,(H,27,29)(H,24,25,26)/t18-/m0/s1.